The van der Waals surface area contributed by atoms with Gasteiger partial charge in [-0.2, -0.15) is 5.10 Å². The van der Waals surface area contributed by atoms with Gasteiger partial charge in [-0.25, -0.2) is 9.67 Å². The third kappa shape index (κ3) is 5.76. The quantitative estimate of drug-likeness (QED) is 0.254. The van der Waals surface area contributed by atoms with Crippen LogP contribution in [-0.2, 0) is 6.54 Å². The van der Waals surface area contributed by atoms with Crippen LogP contribution in [0.3, 0.4) is 0 Å². The Morgan fingerprint density at radius 2 is 1.74 bits per heavy atom. The predicted octanol–water partition coefficient (Wildman–Crippen LogP) is 6.07. The molecule has 1 aliphatic rings. The number of rotatable bonds is 9. The summed E-state index contributed by atoms with van der Waals surface area (Å²) in [6, 6.07) is 15.2. The van der Waals surface area contributed by atoms with Gasteiger partial charge in [0.05, 0.1) is 25.8 Å². The van der Waals surface area contributed by atoms with Crippen LogP contribution in [0.25, 0.3) is 22.8 Å². The smallest absolute Gasteiger partial charge is 0.254 e. The first-order chi connectivity index (χ1) is 19.0. The molecule has 39 heavy (non-hydrogen) atoms. The second kappa shape index (κ2) is 11.9. The number of aromatic nitrogens is 4. The van der Waals surface area contributed by atoms with E-state index in [9.17, 15) is 4.79 Å². The number of nitrogens with zero attached hydrogens (tertiary/aromatic N) is 5. The van der Waals surface area contributed by atoms with E-state index in [4.69, 9.17) is 31.2 Å². The number of hydrogen-bond donors (Lipinski definition) is 0. The average Bonchev–Trinajstić information content (AvgIpc) is 3.65. The molecule has 0 saturated heterocycles. The van der Waals surface area contributed by atoms with Gasteiger partial charge in [0.15, 0.2) is 11.6 Å². The maximum atomic E-state index is 13.8. The fraction of sp³-hybridized carbons (Fsp3) is 0.333. The maximum Gasteiger partial charge on any atom is 0.254 e. The van der Waals surface area contributed by atoms with Crippen molar-refractivity contribution in [3.63, 3.8) is 0 Å². The van der Waals surface area contributed by atoms with E-state index >= 15 is 0 Å². The van der Waals surface area contributed by atoms with E-state index in [-0.39, 0.29) is 11.9 Å². The summed E-state index contributed by atoms with van der Waals surface area (Å²) in [7, 11) is 3.21. The Kier molecular flexibility index (Phi) is 8.12. The first-order valence-corrected chi connectivity index (χ1v) is 13.5. The number of hydrogen-bond acceptors (Lipinski definition) is 6. The molecule has 2 aromatic heterocycles. The zero-order chi connectivity index (χ0) is 27.4. The summed E-state index contributed by atoms with van der Waals surface area (Å²) in [5.41, 5.74) is 3.30. The number of aryl methyl sites for hydroxylation is 1. The second-order valence-corrected chi connectivity index (χ2v) is 10.1. The Balaban J connectivity index is 1.48. The van der Waals surface area contributed by atoms with Gasteiger partial charge in [-0.05, 0) is 67.8 Å². The van der Waals surface area contributed by atoms with Crippen molar-refractivity contribution in [2.45, 2.75) is 45.2 Å². The third-order valence-electron chi connectivity index (χ3n) is 7.25. The lowest BCUT2D eigenvalue weighted by atomic mass is 10.1. The molecule has 0 spiro atoms. The van der Waals surface area contributed by atoms with Crippen LogP contribution < -0.4 is 9.47 Å². The van der Waals surface area contributed by atoms with Crippen molar-refractivity contribution in [2.24, 2.45) is 0 Å². The van der Waals surface area contributed by atoms with E-state index in [2.05, 4.69) is 4.98 Å². The van der Waals surface area contributed by atoms with Crippen molar-refractivity contribution in [3.05, 3.63) is 77.1 Å². The lowest BCUT2D eigenvalue weighted by molar-refractivity contribution is 0.0671. The van der Waals surface area contributed by atoms with Crippen LogP contribution in [-0.4, -0.2) is 57.4 Å². The van der Waals surface area contributed by atoms with Crippen LogP contribution in [0.5, 0.6) is 11.5 Å². The van der Waals surface area contributed by atoms with Gasteiger partial charge in [-0.15, -0.1) is 0 Å². The molecule has 2 heterocycles. The Bertz CT molecular complexity index is 1450. The van der Waals surface area contributed by atoms with Crippen molar-refractivity contribution >= 4 is 17.5 Å². The molecule has 1 aliphatic carbocycles. The summed E-state index contributed by atoms with van der Waals surface area (Å²) in [5.74, 6) is 2.56. The largest absolute Gasteiger partial charge is 0.496 e. The number of amides is 1. The molecule has 5 rings (SSSR count). The van der Waals surface area contributed by atoms with Crippen molar-refractivity contribution < 1.29 is 14.3 Å². The highest BCUT2D eigenvalue weighted by atomic mass is 35.5. The van der Waals surface area contributed by atoms with E-state index in [1.54, 1.807) is 26.6 Å². The van der Waals surface area contributed by atoms with Crippen molar-refractivity contribution in [1.82, 2.24) is 24.6 Å². The standard InChI is InChI=1S/C30H32ClN5O3/c1-20-8-9-23(19-27(20)39-3)30(37)35(24-6-4-5-7-24)16-17-36-29(22-10-11-26(38-2)25(31)18-22)33-28(34-36)21-12-14-32-15-13-21/h8-15,18-19,24H,4-7,16-17H2,1-3H3. The van der Waals surface area contributed by atoms with Crippen LogP contribution in [0.2, 0.25) is 5.02 Å². The highest BCUT2D eigenvalue weighted by molar-refractivity contribution is 6.32. The fourth-order valence-electron chi connectivity index (χ4n) is 5.13. The monoisotopic (exact) mass is 545 g/mol. The first-order valence-electron chi connectivity index (χ1n) is 13.1. The van der Waals surface area contributed by atoms with Gasteiger partial charge >= 0.3 is 0 Å². The minimum absolute atomic E-state index is 0.00344. The molecular formula is C30H32ClN5O3. The molecule has 0 N–H and O–H groups in total. The van der Waals surface area contributed by atoms with E-state index in [0.29, 0.717) is 46.8 Å². The summed E-state index contributed by atoms with van der Waals surface area (Å²) in [4.78, 5) is 24.8. The van der Waals surface area contributed by atoms with Gasteiger partial charge < -0.3 is 14.4 Å². The Hall–Kier alpha value is -3.91. The predicted molar refractivity (Wildman–Crippen MR) is 151 cm³/mol. The van der Waals surface area contributed by atoms with Gasteiger partial charge in [0.2, 0.25) is 0 Å². The summed E-state index contributed by atoms with van der Waals surface area (Å²) >= 11 is 6.46. The van der Waals surface area contributed by atoms with Gasteiger partial charge in [-0.1, -0.05) is 30.5 Å². The molecule has 0 atom stereocenters. The maximum absolute atomic E-state index is 13.8. The van der Waals surface area contributed by atoms with E-state index < -0.39 is 0 Å². The molecule has 0 aliphatic heterocycles. The lowest BCUT2D eigenvalue weighted by Gasteiger charge is -2.29. The third-order valence-corrected chi connectivity index (χ3v) is 7.55. The van der Waals surface area contributed by atoms with E-state index in [0.717, 1.165) is 42.4 Å². The minimum Gasteiger partial charge on any atom is -0.496 e. The van der Waals surface area contributed by atoms with Crippen LogP contribution in [0.15, 0.2) is 60.9 Å². The van der Waals surface area contributed by atoms with Crippen LogP contribution >= 0.6 is 11.6 Å². The number of carbonyl (C=O) groups excluding carboxylic acids is 1. The van der Waals surface area contributed by atoms with Gasteiger partial charge in [0, 0.05) is 41.7 Å². The second-order valence-electron chi connectivity index (χ2n) is 9.69. The molecular weight excluding hydrogens is 514 g/mol. The molecule has 4 aromatic rings. The van der Waals surface area contributed by atoms with Gasteiger partial charge in [0.25, 0.3) is 5.91 Å². The summed E-state index contributed by atoms with van der Waals surface area (Å²) in [6.45, 7) is 2.94. The molecule has 0 unspecified atom stereocenters. The highest BCUT2D eigenvalue weighted by Gasteiger charge is 2.28. The van der Waals surface area contributed by atoms with Crippen molar-refractivity contribution in [3.8, 4) is 34.3 Å². The Morgan fingerprint density at radius 1 is 1.00 bits per heavy atom. The Morgan fingerprint density at radius 3 is 2.44 bits per heavy atom. The molecule has 202 valence electrons. The molecule has 0 bridgehead atoms. The SMILES string of the molecule is COc1cc(C(=O)N(CCn2nc(-c3ccncc3)nc2-c2ccc(OC)c(Cl)c2)C2CCCC2)ccc1C. The van der Waals surface area contributed by atoms with Crippen LogP contribution in [0.4, 0.5) is 0 Å². The zero-order valence-electron chi connectivity index (χ0n) is 22.4. The number of ether oxygens (including phenoxy) is 2. The normalized spacial score (nSPS) is 13.4. The molecule has 1 fully saturated rings. The number of pyridine rings is 1. The zero-order valence-corrected chi connectivity index (χ0v) is 23.2. The van der Waals surface area contributed by atoms with E-state index in [1.165, 1.54) is 0 Å². The summed E-state index contributed by atoms with van der Waals surface area (Å²) < 4.78 is 12.7. The van der Waals surface area contributed by atoms with Crippen molar-refractivity contribution in [2.75, 3.05) is 20.8 Å². The minimum atomic E-state index is 0.00344. The average molecular weight is 546 g/mol. The molecule has 2 aromatic carbocycles. The Labute approximate surface area is 233 Å². The van der Waals surface area contributed by atoms with Gasteiger partial charge in [0.1, 0.15) is 11.5 Å². The lowest BCUT2D eigenvalue weighted by Crippen LogP contribution is -2.41. The molecule has 1 saturated carbocycles. The van der Waals surface area contributed by atoms with E-state index in [1.807, 2.05) is 65.0 Å². The number of halogens is 1. The van der Waals surface area contributed by atoms with Gasteiger partial charge in [-0.3, -0.25) is 9.78 Å². The molecule has 0 radical (unpaired) electrons. The summed E-state index contributed by atoms with van der Waals surface area (Å²) in [5, 5.41) is 5.34. The molecule has 8 nitrogen and oxygen atoms in total. The number of benzene rings is 2. The van der Waals surface area contributed by atoms with Crippen LogP contribution in [0.1, 0.15) is 41.6 Å². The van der Waals surface area contributed by atoms with Crippen molar-refractivity contribution in [1.29, 1.82) is 0 Å². The fourth-order valence-corrected chi connectivity index (χ4v) is 5.39. The number of methoxy groups -OCH3 is 2. The van der Waals surface area contributed by atoms with Crippen LogP contribution in [0, 0.1) is 6.92 Å². The number of carbonyl (C=O) groups is 1. The summed E-state index contributed by atoms with van der Waals surface area (Å²) in [6.07, 6.45) is 7.67. The first kappa shape index (κ1) is 26.7. The topological polar surface area (TPSA) is 82.4 Å². The molecule has 9 heteroatoms. The highest BCUT2D eigenvalue weighted by Crippen LogP contribution is 2.31. The molecule has 1 amide bonds.